The van der Waals surface area contributed by atoms with Crippen molar-refractivity contribution >= 4 is 21.6 Å². The number of anilines is 1. The van der Waals surface area contributed by atoms with Gasteiger partial charge in [0.05, 0.1) is 34.5 Å². The Morgan fingerprint density at radius 2 is 1.42 bits per heavy atom. The minimum atomic E-state index is -4.41. The van der Waals surface area contributed by atoms with E-state index in [1.807, 2.05) is 34.6 Å². The molecule has 0 radical (unpaired) electrons. The molecular weight excluding hydrogens is 605 g/mol. The number of nitrogens with zero attached hydrogens (tertiary/aromatic N) is 5. The van der Waals surface area contributed by atoms with Gasteiger partial charge in [0.1, 0.15) is 5.69 Å². The van der Waals surface area contributed by atoms with E-state index in [0.29, 0.717) is 27.5 Å². The zero-order valence-corrected chi connectivity index (χ0v) is 26.6. The van der Waals surface area contributed by atoms with E-state index in [2.05, 4.69) is 15.6 Å². The minimum absolute atomic E-state index is 0.171. The Bertz CT molecular complexity index is 1820. The van der Waals surface area contributed by atoms with E-state index in [1.54, 1.807) is 35.4 Å². The largest absolute Gasteiger partial charge is 0.416 e. The van der Waals surface area contributed by atoms with Crippen molar-refractivity contribution in [3.63, 3.8) is 0 Å². The third kappa shape index (κ3) is 6.32. The number of sulfonamides is 1. The van der Waals surface area contributed by atoms with Gasteiger partial charge in [-0.1, -0.05) is 17.3 Å². The van der Waals surface area contributed by atoms with E-state index in [9.17, 15) is 26.4 Å². The summed E-state index contributed by atoms with van der Waals surface area (Å²) in [5.41, 5.74) is 5.70. The second-order valence-electron chi connectivity index (χ2n) is 11.3. The van der Waals surface area contributed by atoms with Crippen LogP contribution in [-0.4, -0.2) is 64.7 Å². The van der Waals surface area contributed by atoms with E-state index >= 15 is 0 Å². The number of alkyl halides is 3. The third-order valence-electron chi connectivity index (χ3n) is 8.66. The Morgan fingerprint density at radius 1 is 0.844 bits per heavy atom. The van der Waals surface area contributed by atoms with Crippen molar-refractivity contribution in [2.45, 2.75) is 52.2 Å². The van der Waals surface area contributed by atoms with Gasteiger partial charge in [-0.3, -0.25) is 4.79 Å². The number of hydrogen-bond acceptors (Lipinski definition) is 6. The highest BCUT2D eigenvalue weighted by Gasteiger charge is 2.34. The highest BCUT2D eigenvalue weighted by molar-refractivity contribution is 7.89. The fourth-order valence-corrected chi connectivity index (χ4v) is 7.59. The summed E-state index contributed by atoms with van der Waals surface area (Å²) in [6, 6.07) is 11.6. The molecule has 1 amide bonds. The molecule has 2 heterocycles. The van der Waals surface area contributed by atoms with Crippen LogP contribution in [0.2, 0.25) is 0 Å². The lowest BCUT2D eigenvalue weighted by atomic mass is 9.95. The van der Waals surface area contributed by atoms with Crippen molar-refractivity contribution in [2.75, 3.05) is 31.5 Å². The fourth-order valence-electron chi connectivity index (χ4n) is 5.60. The first-order chi connectivity index (χ1) is 21.2. The topological polar surface area (TPSA) is 100 Å². The number of carbonyl (C=O) groups excluding carboxylic acids is 1. The first-order valence-corrected chi connectivity index (χ1v) is 15.9. The van der Waals surface area contributed by atoms with Crippen LogP contribution in [0.4, 0.5) is 18.9 Å². The maximum absolute atomic E-state index is 13.8. The molecule has 3 aromatic carbocycles. The Kier molecular flexibility index (Phi) is 8.78. The standard InChI is InChI=1S/C32H35F3N6O3S/c1-20-21(2)23(4)30(24(5)22(20)3)45(43,44)40-16-14-39(15-17-40)31(42)28-8-6-7-9-29(28)41-19-27(37-38-41)18-36-26-12-10-25(11-13-26)32(33,34)35/h6-13,19,36H,14-18H2,1-5H3. The van der Waals surface area contributed by atoms with Crippen LogP contribution in [0.5, 0.6) is 0 Å². The summed E-state index contributed by atoms with van der Waals surface area (Å²) in [6.07, 6.45) is -2.76. The van der Waals surface area contributed by atoms with Crippen molar-refractivity contribution in [3.8, 4) is 5.69 Å². The molecular formula is C32H35F3N6O3S. The van der Waals surface area contributed by atoms with E-state index in [1.165, 1.54) is 21.1 Å². The zero-order chi connectivity index (χ0) is 32.7. The molecule has 0 spiro atoms. The van der Waals surface area contributed by atoms with Gasteiger partial charge in [0.25, 0.3) is 5.91 Å². The van der Waals surface area contributed by atoms with E-state index in [-0.39, 0.29) is 38.6 Å². The summed E-state index contributed by atoms with van der Waals surface area (Å²) in [5.74, 6) is -0.253. The molecule has 1 fully saturated rings. The van der Waals surface area contributed by atoms with Crippen molar-refractivity contribution < 1.29 is 26.4 Å². The number of halogens is 3. The molecule has 0 bridgehead atoms. The Labute approximate surface area is 260 Å². The monoisotopic (exact) mass is 640 g/mol. The summed E-state index contributed by atoms with van der Waals surface area (Å²) in [5, 5.41) is 11.3. The maximum atomic E-state index is 13.8. The van der Waals surface area contributed by atoms with Crippen LogP contribution in [0, 0.1) is 34.6 Å². The highest BCUT2D eigenvalue weighted by Crippen LogP contribution is 2.32. The highest BCUT2D eigenvalue weighted by atomic mass is 32.2. The zero-order valence-electron chi connectivity index (χ0n) is 25.7. The SMILES string of the molecule is Cc1c(C)c(C)c(S(=O)(=O)N2CCN(C(=O)c3ccccc3-n3cc(CNc4ccc(C(F)(F)F)cc4)nn3)CC2)c(C)c1C. The fraction of sp³-hybridized carbons (Fsp3) is 0.344. The van der Waals surface area contributed by atoms with E-state index < -0.39 is 21.8 Å². The minimum Gasteiger partial charge on any atom is -0.379 e. The summed E-state index contributed by atoms with van der Waals surface area (Å²) in [4.78, 5) is 15.7. The number of carbonyl (C=O) groups is 1. The number of nitrogens with one attached hydrogen (secondary N) is 1. The average molecular weight is 641 g/mol. The smallest absolute Gasteiger partial charge is 0.379 e. The van der Waals surface area contributed by atoms with Gasteiger partial charge in [0, 0.05) is 31.9 Å². The summed E-state index contributed by atoms with van der Waals surface area (Å²) >= 11 is 0. The lowest BCUT2D eigenvalue weighted by Gasteiger charge is -2.35. The molecule has 1 aliphatic rings. The lowest BCUT2D eigenvalue weighted by Crippen LogP contribution is -2.50. The number of aromatic nitrogens is 3. The van der Waals surface area contributed by atoms with Gasteiger partial charge in [-0.25, -0.2) is 13.1 Å². The molecule has 1 saturated heterocycles. The molecule has 0 atom stereocenters. The Morgan fingerprint density at radius 3 is 2.02 bits per heavy atom. The molecule has 13 heteroatoms. The van der Waals surface area contributed by atoms with Gasteiger partial charge in [-0.05, 0) is 98.8 Å². The second-order valence-corrected chi connectivity index (χ2v) is 13.1. The van der Waals surface area contributed by atoms with Crippen LogP contribution in [-0.2, 0) is 22.7 Å². The number of para-hydroxylation sites is 1. The van der Waals surface area contributed by atoms with Gasteiger partial charge in [-0.2, -0.15) is 17.5 Å². The number of rotatable bonds is 7. The molecule has 45 heavy (non-hydrogen) atoms. The van der Waals surface area contributed by atoms with Crippen LogP contribution < -0.4 is 5.32 Å². The number of benzene rings is 3. The van der Waals surface area contributed by atoms with Gasteiger partial charge in [-0.15, -0.1) is 5.10 Å². The average Bonchev–Trinajstić information content (AvgIpc) is 3.50. The number of hydrogen-bond donors (Lipinski definition) is 1. The normalized spacial score (nSPS) is 14.5. The van der Waals surface area contributed by atoms with Crippen LogP contribution in [0.15, 0.2) is 59.6 Å². The lowest BCUT2D eigenvalue weighted by molar-refractivity contribution is -0.137. The predicted octanol–water partition coefficient (Wildman–Crippen LogP) is 5.59. The first kappa shape index (κ1) is 32.2. The van der Waals surface area contributed by atoms with Crippen molar-refractivity contribution in [3.05, 3.63) is 99.4 Å². The van der Waals surface area contributed by atoms with Crippen molar-refractivity contribution in [2.24, 2.45) is 0 Å². The molecule has 4 aromatic rings. The number of piperazine rings is 1. The maximum Gasteiger partial charge on any atom is 0.416 e. The molecule has 0 aliphatic carbocycles. The van der Waals surface area contributed by atoms with E-state index in [0.717, 1.165) is 39.9 Å². The van der Waals surface area contributed by atoms with Crippen molar-refractivity contribution in [1.82, 2.24) is 24.2 Å². The molecule has 1 aliphatic heterocycles. The van der Waals surface area contributed by atoms with Crippen molar-refractivity contribution in [1.29, 1.82) is 0 Å². The predicted molar refractivity (Wildman–Crippen MR) is 165 cm³/mol. The van der Waals surface area contributed by atoms with Gasteiger partial charge >= 0.3 is 6.18 Å². The molecule has 5 rings (SSSR count). The summed E-state index contributed by atoms with van der Waals surface area (Å²) in [6.45, 7) is 10.6. The van der Waals surface area contributed by atoms with Gasteiger partial charge in [0.15, 0.2) is 0 Å². The first-order valence-electron chi connectivity index (χ1n) is 14.5. The summed E-state index contributed by atoms with van der Waals surface area (Å²) in [7, 11) is -3.76. The van der Waals surface area contributed by atoms with Crippen LogP contribution >= 0.6 is 0 Å². The third-order valence-corrected chi connectivity index (χ3v) is 10.8. The van der Waals surface area contributed by atoms with Gasteiger partial charge < -0.3 is 10.2 Å². The molecule has 9 nitrogen and oxygen atoms in total. The van der Waals surface area contributed by atoms with Crippen LogP contribution in [0.3, 0.4) is 0 Å². The van der Waals surface area contributed by atoms with Gasteiger partial charge in [0.2, 0.25) is 10.0 Å². The molecule has 1 aromatic heterocycles. The van der Waals surface area contributed by atoms with Crippen LogP contribution in [0.25, 0.3) is 5.69 Å². The second kappa shape index (κ2) is 12.3. The molecule has 0 unspecified atom stereocenters. The molecule has 0 saturated carbocycles. The molecule has 1 N–H and O–H groups in total. The van der Waals surface area contributed by atoms with E-state index in [4.69, 9.17) is 0 Å². The quantitative estimate of drug-likeness (QED) is 0.283. The number of amides is 1. The Hall–Kier alpha value is -4.23. The Balaban J connectivity index is 1.27. The van der Waals surface area contributed by atoms with Crippen LogP contribution in [0.1, 0.15) is 49.4 Å². The summed E-state index contributed by atoms with van der Waals surface area (Å²) < 4.78 is 69.0. The molecule has 238 valence electrons.